The number of nitrogens with zero attached hydrogens (tertiary/aromatic N) is 1. The van der Waals surface area contributed by atoms with Gasteiger partial charge in [-0.2, -0.15) is 0 Å². The van der Waals surface area contributed by atoms with Crippen molar-refractivity contribution >= 4 is 27.8 Å². The largest absolute Gasteiger partial charge is 0.496 e. The van der Waals surface area contributed by atoms with Crippen LogP contribution in [0.5, 0.6) is 5.75 Å². The van der Waals surface area contributed by atoms with Gasteiger partial charge >= 0.3 is 5.97 Å². The van der Waals surface area contributed by atoms with E-state index in [1.807, 2.05) is 4.90 Å². The van der Waals surface area contributed by atoms with Crippen molar-refractivity contribution in [3.8, 4) is 5.75 Å². The van der Waals surface area contributed by atoms with Crippen LogP contribution >= 0.6 is 15.9 Å². The Hall–Kier alpha value is -1.56. The Kier molecular flexibility index (Phi) is 5.99. The Balaban J connectivity index is 1.58. The Bertz CT molecular complexity index is 646. The van der Waals surface area contributed by atoms with Crippen LogP contribution < -0.4 is 4.74 Å². The Labute approximate surface area is 156 Å². The lowest BCUT2D eigenvalue weighted by Crippen LogP contribution is -2.50. The number of likely N-dealkylation sites (tertiary alicyclic amines) is 1. The highest BCUT2D eigenvalue weighted by Gasteiger charge is 2.35. The quantitative estimate of drug-likeness (QED) is 0.709. The molecule has 0 aromatic heterocycles. The fraction of sp³-hybridized carbons (Fsp3) is 0.579. The van der Waals surface area contributed by atoms with E-state index in [0.29, 0.717) is 27.7 Å². The predicted molar refractivity (Wildman–Crippen MR) is 97.7 cm³/mol. The lowest BCUT2D eigenvalue weighted by molar-refractivity contribution is -0.140. The molecule has 5 nitrogen and oxygen atoms in total. The average molecular weight is 410 g/mol. The van der Waals surface area contributed by atoms with E-state index in [1.165, 1.54) is 25.7 Å². The lowest BCUT2D eigenvalue weighted by atomic mass is 9.78. The van der Waals surface area contributed by atoms with Gasteiger partial charge in [0.05, 0.1) is 17.1 Å². The van der Waals surface area contributed by atoms with E-state index in [1.54, 1.807) is 25.3 Å². The predicted octanol–water partition coefficient (Wildman–Crippen LogP) is 3.80. The summed E-state index contributed by atoms with van der Waals surface area (Å²) in [5.74, 6) is 0.704. The topological polar surface area (TPSA) is 55.8 Å². The van der Waals surface area contributed by atoms with E-state index in [2.05, 4.69) is 15.9 Å². The number of hydrogen-bond acceptors (Lipinski definition) is 4. The molecule has 0 radical (unpaired) electrons. The molecule has 1 heterocycles. The molecule has 0 N–H and O–H groups in total. The molecule has 1 saturated heterocycles. The fourth-order valence-corrected chi connectivity index (χ4v) is 4.56. The molecule has 25 heavy (non-hydrogen) atoms. The molecule has 1 amide bonds. The highest BCUT2D eigenvalue weighted by Crippen LogP contribution is 2.35. The second-order valence-corrected chi connectivity index (χ2v) is 7.62. The van der Waals surface area contributed by atoms with Gasteiger partial charge in [0.25, 0.3) is 5.91 Å². The number of carbonyl (C=O) groups excluding carboxylic acids is 2. The van der Waals surface area contributed by atoms with Crippen molar-refractivity contribution in [2.24, 2.45) is 5.92 Å². The summed E-state index contributed by atoms with van der Waals surface area (Å²) in [7, 11) is 1.56. The molecule has 2 aliphatic rings. The van der Waals surface area contributed by atoms with Crippen LogP contribution in [-0.4, -0.2) is 43.1 Å². The number of piperidine rings is 1. The minimum Gasteiger partial charge on any atom is -0.496 e. The van der Waals surface area contributed by atoms with Crippen molar-refractivity contribution in [1.82, 2.24) is 4.90 Å². The van der Waals surface area contributed by atoms with Gasteiger partial charge < -0.3 is 14.4 Å². The summed E-state index contributed by atoms with van der Waals surface area (Å²) >= 11 is 3.35. The first-order chi connectivity index (χ1) is 12.1. The van der Waals surface area contributed by atoms with Gasteiger partial charge in [-0.1, -0.05) is 12.8 Å². The van der Waals surface area contributed by atoms with Gasteiger partial charge in [0.2, 0.25) is 0 Å². The van der Waals surface area contributed by atoms with Gasteiger partial charge in [-0.15, -0.1) is 0 Å². The van der Waals surface area contributed by atoms with Crippen LogP contribution in [0.2, 0.25) is 0 Å². The van der Waals surface area contributed by atoms with Crippen LogP contribution in [0.15, 0.2) is 22.7 Å². The van der Waals surface area contributed by atoms with Gasteiger partial charge in [0.1, 0.15) is 5.75 Å². The number of methoxy groups -OCH3 is 1. The van der Waals surface area contributed by atoms with Gasteiger partial charge in [-0.25, -0.2) is 4.79 Å². The zero-order chi connectivity index (χ0) is 17.8. The van der Waals surface area contributed by atoms with Gasteiger partial charge in [0, 0.05) is 12.6 Å². The molecule has 0 spiro atoms. The maximum atomic E-state index is 12.6. The third kappa shape index (κ3) is 4.17. The van der Waals surface area contributed by atoms with Crippen molar-refractivity contribution in [2.45, 2.75) is 44.6 Å². The molecule has 2 atom stereocenters. The first-order valence-electron chi connectivity index (χ1n) is 8.90. The number of esters is 1. The maximum absolute atomic E-state index is 12.6. The minimum atomic E-state index is -0.492. The zero-order valence-electron chi connectivity index (χ0n) is 14.5. The van der Waals surface area contributed by atoms with Gasteiger partial charge in [0.15, 0.2) is 6.61 Å². The Morgan fingerprint density at radius 2 is 1.96 bits per heavy atom. The maximum Gasteiger partial charge on any atom is 0.338 e. The molecule has 1 aromatic rings. The molecular formula is C19H24BrNO4. The highest BCUT2D eigenvalue weighted by molar-refractivity contribution is 9.10. The van der Waals surface area contributed by atoms with E-state index in [-0.39, 0.29) is 12.5 Å². The van der Waals surface area contributed by atoms with Crippen LogP contribution in [0, 0.1) is 5.92 Å². The fourth-order valence-electron chi connectivity index (χ4n) is 4.02. The number of rotatable bonds is 4. The Morgan fingerprint density at radius 1 is 1.20 bits per heavy atom. The van der Waals surface area contributed by atoms with E-state index in [9.17, 15) is 9.59 Å². The van der Waals surface area contributed by atoms with Crippen LogP contribution in [0.4, 0.5) is 0 Å². The molecule has 0 unspecified atom stereocenters. The Morgan fingerprint density at radius 3 is 2.72 bits per heavy atom. The second-order valence-electron chi connectivity index (χ2n) is 6.77. The summed E-state index contributed by atoms with van der Waals surface area (Å²) in [5, 5.41) is 0. The number of halogens is 1. The molecular weight excluding hydrogens is 386 g/mol. The van der Waals surface area contributed by atoms with E-state index in [0.717, 1.165) is 19.4 Å². The summed E-state index contributed by atoms with van der Waals surface area (Å²) in [6, 6.07) is 5.31. The van der Waals surface area contributed by atoms with Gasteiger partial charge in [-0.05, 0) is 65.7 Å². The van der Waals surface area contributed by atoms with E-state index in [4.69, 9.17) is 9.47 Å². The normalized spacial score (nSPS) is 22.9. The van der Waals surface area contributed by atoms with Crippen molar-refractivity contribution in [3.63, 3.8) is 0 Å². The number of benzene rings is 1. The smallest absolute Gasteiger partial charge is 0.338 e. The number of ether oxygens (including phenoxy) is 2. The van der Waals surface area contributed by atoms with E-state index >= 15 is 0 Å². The molecule has 1 aliphatic carbocycles. The molecule has 2 fully saturated rings. The second kappa shape index (κ2) is 8.21. The standard InChI is InChI=1S/C19H24BrNO4/c1-24-17-9-8-14(11-15(17)20)19(23)25-12-18(22)21-10-4-6-13-5-2-3-7-16(13)21/h8-9,11,13,16H,2-7,10,12H2,1H3/t13-,16+/m0/s1. The third-order valence-corrected chi connectivity index (χ3v) is 5.90. The van der Waals surface area contributed by atoms with Crippen LogP contribution in [-0.2, 0) is 9.53 Å². The molecule has 0 bridgehead atoms. The molecule has 1 aliphatic heterocycles. The first-order valence-corrected chi connectivity index (χ1v) is 9.69. The third-order valence-electron chi connectivity index (χ3n) is 5.28. The van der Waals surface area contributed by atoms with Crippen LogP contribution in [0.25, 0.3) is 0 Å². The van der Waals surface area contributed by atoms with Crippen molar-refractivity contribution in [2.75, 3.05) is 20.3 Å². The highest BCUT2D eigenvalue weighted by atomic mass is 79.9. The first kappa shape index (κ1) is 18.2. The zero-order valence-corrected chi connectivity index (χ0v) is 16.1. The molecule has 1 aromatic carbocycles. The van der Waals surface area contributed by atoms with Crippen LogP contribution in [0.1, 0.15) is 48.9 Å². The summed E-state index contributed by atoms with van der Waals surface area (Å²) in [6.07, 6.45) is 7.01. The van der Waals surface area contributed by atoms with Crippen molar-refractivity contribution in [3.05, 3.63) is 28.2 Å². The molecule has 136 valence electrons. The molecule has 1 saturated carbocycles. The van der Waals surface area contributed by atoms with Crippen molar-refractivity contribution in [1.29, 1.82) is 0 Å². The number of fused-ring (bicyclic) bond motifs is 1. The van der Waals surface area contributed by atoms with Gasteiger partial charge in [-0.3, -0.25) is 4.79 Å². The minimum absolute atomic E-state index is 0.0717. The lowest BCUT2D eigenvalue weighted by Gasteiger charge is -2.44. The SMILES string of the molecule is COc1ccc(C(=O)OCC(=O)N2CCC[C@@H]3CCCC[C@H]32)cc1Br. The summed E-state index contributed by atoms with van der Waals surface area (Å²) in [4.78, 5) is 26.7. The average Bonchev–Trinajstić information content (AvgIpc) is 2.65. The summed E-state index contributed by atoms with van der Waals surface area (Å²) in [6.45, 7) is 0.595. The monoisotopic (exact) mass is 409 g/mol. The molecule has 3 rings (SSSR count). The summed E-state index contributed by atoms with van der Waals surface area (Å²) in [5.41, 5.74) is 0.398. The van der Waals surface area contributed by atoms with Crippen molar-refractivity contribution < 1.29 is 19.1 Å². The number of carbonyl (C=O) groups is 2. The summed E-state index contributed by atoms with van der Waals surface area (Å²) < 4.78 is 11.1. The van der Waals surface area contributed by atoms with Crippen LogP contribution in [0.3, 0.4) is 0 Å². The number of amides is 1. The number of hydrogen-bond donors (Lipinski definition) is 0. The van der Waals surface area contributed by atoms with E-state index < -0.39 is 5.97 Å². The molecule has 6 heteroatoms.